The summed E-state index contributed by atoms with van der Waals surface area (Å²) in [6.07, 6.45) is 6.60. The van der Waals surface area contributed by atoms with E-state index in [9.17, 15) is 10.2 Å². The fourth-order valence-electron chi connectivity index (χ4n) is 3.61. The van der Waals surface area contributed by atoms with E-state index in [2.05, 4.69) is 9.88 Å². The zero-order valence-corrected chi connectivity index (χ0v) is 12.1. The number of hydrogen-bond acceptors (Lipinski definition) is 4. The second-order valence-corrected chi connectivity index (χ2v) is 6.37. The normalized spacial score (nSPS) is 31.8. The topological polar surface area (TPSA) is 56.6 Å². The molecule has 3 rings (SSSR count). The number of aliphatic hydroxyl groups is 2. The Kier molecular flexibility index (Phi) is 3.69. The zero-order chi connectivity index (χ0) is 14.2. The Labute approximate surface area is 120 Å². The molecule has 4 nitrogen and oxygen atoms in total. The third kappa shape index (κ3) is 2.54. The summed E-state index contributed by atoms with van der Waals surface area (Å²) in [5, 5.41) is 20.2. The minimum atomic E-state index is -0.471. The van der Waals surface area contributed by atoms with Gasteiger partial charge in [-0.15, -0.1) is 0 Å². The predicted molar refractivity (Wildman–Crippen MR) is 78.6 cm³/mol. The minimum Gasteiger partial charge on any atom is -0.389 e. The summed E-state index contributed by atoms with van der Waals surface area (Å²) < 4.78 is 0. The summed E-state index contributed by atoms with van der Waals surface area (Å²) in [5.41, 5.74) is 0.411. The Morgan fingerprint density at radius 1 is 1.35 bits per heavy atom. The molecule has 0 amide bonds. The van der Waals surface area contributed by atoms with Crippen LogP contribution in [0, 0.1) is 5.92 Å². The minimum absolute atomic E-state index is 0.378. The lowest BCUT2D eigenvalue weighted by molar-refractivity contribution is -0.0613. The van der Waals surface area contributed by atoms with Crippen LogP contribution in [0.4, 0.5) is 5.82 Å². The first-order valence-electron chi connectivity index (χ1n) is 7.70. The van der Waals surface area contributed by atoms with Gasteiger partial charge in [0, 0.05) is 25.2 Å². The van der Waals surface area contributed by atoms with Gasteiger partial charge < -0.3 is 15.1 Å². The molecule has 1 aliphatic carbocycles. The van der Waals surface area contributed by atoms with Gasteiger partial charge in [-0.1, -0.05) is 18.9 Å². The molecule has 2 unspecified atom stereocenters. The van der Waals surface area contributed by atoms with Crippen LogP contribution in [0.2, 0.25) is 0 Å². The van der Waals surface area contributed by atoms with E-state index in [0.29, 0.717) is 5.92 Å². The molecule has 2 N–H and O–H groups in total. The Bertz CT molecular complexity index is 460. The smallest absolute Gasteiger partial charge is 0.128 e. The highest BCUT2D eigenvalue weighted by Gasteiger charge is 2.42. The van der Waals surface area contributed by atoms with Crippen molar-refractivity contribution in [2.75, 3.05) is 18.0 Å². The SMILES string of the molecule is C[C@@H](O)c1ccc(N2CCC3(O)CCCCC3C2)nc1. The highest BCUT2D eigenvalue weighted by Crippen LogP contribution is 2.40. The van der Waals surface area contributed by atoms with E-state index >= 15 is 0 Å². The molecular formula is C16H24N2O2. The number of anilines is 1. The summed E-state index contributed by atoms with van der Waals surface area (Å²) in [7, 11) is 0. The van der Waals surface area contributed by atoms with E-state index < -0.39 is 11.7 Å². The van der Waals surface area contributed by atoms with Crippen molar-refractivity contribution in [2.24, 2.45) is 5.92 Å². The van der Waals surface area contributed by atoms with Gasteiger partial charge in [0.15, 0.2) is 0 Å². The molecule has 2 aliphatic rings. The first kappa shape index (κ1) is 13.8. The largest absolute Gasteiger partial charge is 0.389 e. The van der Waals surface area contributed by atoms with Crippen LogP contribution >= 0.6 is 0 Å². The summed E-state index contributed by atoms with van der Waals surface area (Å²) in [6.45, 7) is 3.52. The first-order valence-corrected chi connectivity index (χ1v) is 7.70. The van der Waals surface area contributed by atoms with Crippen molar-refractivity contribution in [2.45, 2.75) is 50.7 Å². The van der Waals surface area contributed by atoms with E-state index in [-0.39, 0.29) is 0 Å². The molecule has 0 aromatic carbocycles. The molecule has 0 radical (unpaired) electrons. The van der Waals surface area contributed by atoms with Crippen LogP contribution in [-0.4, -0.2) is 33.9 Å². The Morgan fingerprint density at radius 3 is 2.90 bits per heavy atom. The number of aliphatic hydroxyl groups excluding tert-OH is 1. The predicted octanol–water partition coefficient (Wildman–Crippen LogP) is 2.27. The molecular weight excluding hydrogens is 252 g/mol. The van der Waals surface area contributed by atoms with Crippen molar-refractivity contribution < 1.29 is 10.2 Å². The van der Waals surface area contributed by atoms with Crippen molar-refractivity contribution in [3.8, 4) is 0 Å². The molecule has 4 heteroatoms. The average Bonchev–Trinajstić information content (AvgIpc) is 2.46. The zero-order valence-electron chi connectivity index (χ0n) is 12.1. The van der Waals surface area contributed by atoms with Crippen LogP contribution in [0.15, 0.2) is 18.3 Å². The van der Waals surface area contributed by atoms with E-state index in [0.717, 1.165) is 50.2 Å². The second kappa shape index (κ2) is 5.34. The second-order valence-electron chi connectivity index (χ2n) is 6.37. The summed E-state index contributed by atoms with van der Waals surface area (Å²) in [6, 6.07) is 3.92. The van der Waals surface area contributed by atoms with Crippen LogP contribution in [0.5, 0.6) is 0 Å². The van der Waals surface area contributed by atoms with E-state index in [1.807, 2.05) is 12.1 Å². The van der Waals surface area contributed by atoms with Crippen LogP contribution in [0.1, 0.15) is 50.7 Å². The Morgan fingerprint density at radius 2 is 2.20 bits per heavy atom. The molecule has 0 bridgehead atoms. The molecule has 2 fully saturated rings. The molecule has 1 aromatic rings. The van der Waals surface area contributed by atoms with Gasteiger partial charge >= 0.3 is 0 Å². The third-order valence-electron chi connectivity index (χ3n) is 5.00. The van der Waals surface area contributed by atoms with Gasteiger partial charge in [-0.25, -0.2) is 4.98 Å². The van der Waals surface area contributed by atoms with E-state index in [1.165, 1.54) is 6.42 Å². The van der Waals surface area contributed by atoms with Crippen molar-refractivity contribution in [1.82, 2.24) is 4.98 Å². The average molecular weight is 276 g/mol. The number of pyridine rings is 1. The number of rotatable bonds is 2. The maximum absolute atomic E-state index is 10.7. The molecule has 110 valence electrons. The molecule has 3 atom stereocenters. The first-order chi connectivity index (χ1) is 9.58. The summed E-state index contributed by atoms with van der Waals surface area (Å²) >= 11 is 0. The number of fused-ring (bicyclic) bond motifs is 1. The maximum Gasteiger partial charge on any atom is 0.128 e. The fraction of sp³-hybridized carbons (Fsp3) is 0.688. The van der Waals surface area contributed by atoms with Crippen LogP contribution < -0.4 is 4.90 Å². The number of piperidine rings is 1. The lowest BCUT2D eigenvalue weighted by Crippen LogP contribution is -2.53. The molecule has 1 aliphatic heterocycles. The molecule has 20 heavy (non-hydrogen) atoms. The molecule has 2 heterocycles. The highest BCUT2D eigenvalue weighted by atomic mass is 16.3. The molecule has 1 aromatic heterocycles. The molecule has 0 spiro atoms. The highest BCUT2D eigenvalue weighted by molar-refractivity contribution is 5.40. The van der Waals surface area contributed by atoms with Crippen molar-refractivity contribution in [1.29, 1.82) is 0 Å². The summed E-state index contributed by atoms with van der Waals surface area (Å²) in [4.78, 5) is 6.74. The van der Waals surface area contributed by atoms with Gasteiger partial charge in [0.05, 0.1) is 11.7 Å². The number of aromatic nitrogens is 1. The van der Waals surface area contributed by atoms with Crippen LogP contribution in [0.3, 0.4) is 0 Å². The quantitative estimate of drug-likeness (QED) is 0.870. The number of hydrogen-bond donors (Lipinski definition) is 2. The van der Waals surface area contributed by atoms with Crippen LogP contribution in [-0.2, 0) is 0 Å². The van der Waals surface area contributed by atoms with Crippen molar-refractivity contribution in [3.63, 3.8) is 0 Å². The third-order valence-corrected chi connectivity index (χ3v) is 5.00. The van der Waals surface area contributed by atoms with Crippen molar-refractivity contribution >= 4 is 5.82 Å². The Balaban J connectivity index is 1.72. The van der Waals surface area contributed by atoms with E-state index in [4.69, 9.17) is 0 Å². The number of nitrogens with zero attached hydrogens (tertiary/aromatic N) is 2. The van der Waals surface area contributed by atoms with Gasteiger partial charge in [-0.3, -0.25) is 0 Å². The lowest BCUT2D eigenvalue weighted by atomic mass is 9.71. The maximum atomic E-state index is 10.7. The molecule has 1 saturated heterocycles. The van der Waals surface area contributed by atoms with Crippen molar-refractivity contribution in [3.05, 3.63) is 23.9 Å². The summed E-state index contributed by atoms with van der Waals surface area (Å²) in [5.74, 6) is 1.34. The Hall–Kier alpha value is -1.13. The fourth-order valence-corrected chi connectivity index (χ4v) is 3.61. The van der Waals surface area contributed by atoms with Gasteiger partial charge in [0.2, 0.25) is 0 Å². The lowest BCUT2D eigenvalue weighted by Gasteiger charge is -2.47. The van der Waals surface area contributed by atoms with Gasteiger partial charge in [0.1, 0.15) is 5.82 Å². The van der Waals surface area contributed by atoms with E-state index in [1.54, 1.807) is 13.1 Å². The standard InChI is InChI=1S/C16H24N2O2/c1-12(19)13-5-6-15(17-10-13)18-9-8-16(20)7-3-2-4-14(16)11-18/h5-6,10,12,14,19-20H,2-4,7-9,11H2,1H3/t12-,14?,16?/m1/s1. The molecule has 1 saturated carbocycles. The van der Waals surface area contributed by atoms with Gasteiger partial charge in [-0.05, 0) is 37.8 Å². The van der Waals surface area contributed by atoms with Gasteiger partial charge in [-0.2, -0.15) is 0 Å². The monoisotopic (exact) mass is 276 g/mol. The van der Waals surface area contributed by atoms with Crippen LogP contribution in [0.25, 0.3) is 0 Å². The van der Waals surface area contributed by atoms with Gasteiger partial charge in [0.25, 0.3) is 0 Å².